The molecule has 0 spiro atoms. The van der Waals surface area contributed by atoms with Crippen LogP contribution in [0.5, 0.6) is 11.5 Å². The number of imidazole rings is 1. The van der Waals surface area contributed by atoms with Gasteiger partial charge in [0.2, 0.25) is 0 Å². The van der Waals surface area contributed by atoms with E-state index in [9.17, 15) is 9.59 Å². The zero-order valence-corrected chi connectivity index (χ0v) is 28.3. The number of hydrogen-bond donors (Lipinski definition) is 2. The zero-order valence-electron chi connectivity index (χ0n) is 26.7. The number of rotatable bonds is 10. The number of ether oxygens (including phenoxy) is 4. The smallest absolute Gasteiger partial charge is 0.410 e. The van der Waals surface area contributed by atoms with Crippen LogP contribution in [0.3, 0.4) is 0 Å². The van der Waals surface area contributed by atoms with Gasteiger partial charge in [-0.05, 0) is 75.5 Å². The molecule has 1 saturated heterocycles. The van der Waals surface area contributed by atoms with Gasteiger partial charge in [-0.1, -0.05) is 0 Å². The van der Waals surface area contributed by atoms with Crippen molar-refractivity contribution < 1.29 is 28.5 Å². The summed E-state index contributed by atoms with van der Waals surface area (Å²) in [6.45, 7) is 10.4. The molecule has 1 aromatic carbocycles. The molecule has 2 N–H and O–H groups in total. The minimum absolute atomic E-state index is 0.0666. The molecule has 1 aliphatic rings. The summed E-state index contributed by atoms with van der Waals surface area (Å²) in [5.74, 6) is 2.46. The fourth-order valence-corrected chi connectivity index (χ4v) is 5.87. The second-order valence-electron chi connectivity index (χ2n) is 12.3. The van der Waals surface area contributed by atoms with E-state index in [0.717, 1.165) is 23.3 Å². The van der Waals surface area contributed by atoms with E-state index in [0.29, 0.717) is 48.0 Å². The van der Waals surface area contributed by atoms with E-state index in [1.165, 1.54) is 7.11 Å². The summed E-state index contributed by atoms with van der Waals surface area (Å²) < 4.78 is 24.3. The Morgan fingerprint density at radius 3 is 2.50 bits per heavy atom. The number of carbonyl (C=O) groups is 2. The Hall–Kier alpha value is -3.58. The van der Waals surface area contributed by atoms with Crippen LogP contribution in [0.25, 0.3) is 5.52 Å². The number of piperidine rings is 1. The molecule has 0 radical (unpaired) electrons. The fraction of sp³-hybridized carbons (Fsp3) is 0.548. The molecular formula is C31H43BrN6O6. The van der Waals surface area contributed by atoms with Gasteiger partial charge in [0.15, 0.2) is 5.82 Å². The average Bonchev–Trinajstić information content (AvgIpc) is 3.34. The van der Waals surface area contributed by atoms with E-state index in [4.69, 9.17) is 23.9 Å². The number of aromatic nitrogens is 3. The Morgan fingerprint density at radius 2 is 1.84 bits per heavy atom. The van der Waals surface area contributed by atoms with Crippen LogP contribution in [0.1, 0.15) is 64.8 Å². The lowest BCUT2D eigenvalue weighted by Gasteiger charge is -2.41. The maximum Gasteiger partial charge on any atom is 0.410 e. The lowest BCUT2D eigenvalue weighted by atomic mass is 9.91. The Bertz CT molecular complexity index is 1490. The molecule has 1 aliphatic heterocycles. The molecule has 1 fully saturated rings. The van der Waals surface area contributed by atoms with E-state index in [2.05, 4.69) is 31.5 Å². The number of esters is 1. The fourth-order valence-electron chi connectivity index (χ4n) is 5.31. The number of carbonyl (C=O) groups excluding carboxylic acids is 2. The Balaban J connectivity index is 1.58. The average molecular weight is 676 g/mol. The lowest BCUT2D eigenvalue weighted by Crippen LogP contribution is -2.56. The molecule has 0 saturated carbocycles. The number of anilines is 1. The van der Waals surface area contributed by atoms with E-state index >= 15 is 0 Å². The highest BCUT2D eigenvalue weighted by Gasteiger charge is 2.38. The van der Waals surface area contributed by atoms with Crippen molar-refractivity contribution in [1.82, 2.24) is 24.6 Å². The molecule has 4 rings (SSSR count). The molecule has 0 aliphatic carbocycles. The first-order chi connectivity index (χ1) is 20.8. The van der Waals surface area contributed by atoms with Crippen LogP contribution in [-0.2, 0) is 20.8 Å². The molecular weight excluding hydrogens is 632 g/mol. The summed E-state index contributed by atoms with van der Waals surface area (Å²) in [5.41, 5.74) is 0.183. The third-order valence-electron chi connectivity index (χ3n) is 7.65. The van der Waals surface area contributed by atoms with Gasteiger partial charge in [0, 0.05) is 55.6 Å². The van der Waals surface area contributed by atoms with Crippen molar-refractivity contribution in [2.45, 2.75) is 77.1 Å². The van der Waals surface area contributed by atoms with Gasteiger partial charge in [-0.15, -0.1) is 0 Å². The largest absolute Gasteiger partial charge is 0.497 e. The molecule has 13 heteroatoms. The van der Waals surface area contributed by atoms with Crippen molar-refractivity contribution in [2.24, 2.45) is 0 Å². The predicted octanol–water partition coefficient (Wildman–Crippen LogP) is 5.15. The summed E-state index contributed by atoms with van der Waals surface area (Å²) in [6, 6.07) is 5.50. The van der Waals surface area contributed by atoms with Crippen molar-refractivity contribution >= 4 is 39.3 Å². The van der Waals surface area contributed by atoms with Gasteiger partial charge in [0.05, 0.1) is 21.3 Å². The van der Waals surface area contributed by atoms with Crippen molar-refractivity contribution in [3.05, 3.63) is 46.6 Å². The molecule has 44 heavy (non-hydrogen) atoms. The van der Waals surface area contributed by atoms with Crippen LogP contribution in [-0.4, -0.2) is 82.9 Å². The van der Waals surface area contributed by atoms with E-state index in [1.807, 2.05) is 49.6 Å². The molecule has 3 heterocycles. The normalized spacial score (nSPS) is 17.3. The van der Waals surface area contributed by atoms with E-state index < -0.39 is 17.2 Å². The number of likely N-dealkylation sites (tertiary alicyclic amines) is 1. The number of halogens is 1. The summed E-state index contributed by atoms with van der Waals surface area (Å²) in [4.78, 5) is 37.0. The topological polar surface area (TPSA) is 129 Å². The maximum absolute atomic E-state index is 13.5. The van der Waals surface area contributed by atoms with Crippen molar-refractivity contribution in [2.75, 3.05) is 39.7 Å². The number of hydrogen-bond acceptors (Lipinski definition) is 10. The second-order valence-corrected chi connectivity index (χ2v) is 13.1. The number of benzene rings is 1. The van der Waals surface area contributed by atoms with Gasteiger partial charge < -0.3 is 34.5 Å². The Kier molecular flexibility index (Phi) is 10.3. The quantitative estimate of drug-likeness (QED) is 0.279. The first kappa shape index (κ1) is 33.3. The highest BCUT2D eigenvalue weighted by molar-refractivity contribution is 9.10. The summed E-state index contributed by atoms with van der Waals surface area (Å²) in [6.07, 6.45) is 4.68. The zero-order chi connectivity index (χ0) is 32.2. The SMILES string of the molecule is COC(=O)C(C)(C)NCC1CCC(c2nc(Br)c3c(NCc4ccc(OC)cc4OC)nccn23)CN1C(=O)OC(C)(C)C. The minimum atomic E-state index is -0.901. The van der Waals surface area contributed by atoms with Crippen LogP contribution in [0, 0.1) is 0 Å². The van der Waals surface area contributed by atoms with Gasteiger partial charge in [0.1, 0.15) is 38.6 Å². The van der Waals surface area contributed by atoms with Crippen LogP contribution < -0.4 is 20.1 Å². The summed E-state index contributed by atoms with van der Waals surface area (Å²) in [7, 11) is 4.61. The molecule has 240 valence electrons. The third-order valence-corrected chi connectivity index (χ3v) is 8.21. The molecule has 2 unspecified atom stereocenters. The van der Waals surface area contributed by atoms with Gasteiger partial charge >= 0.3 is 12.1 Å². The van der Waals surface area contributed by atoms with E-state index in [-0.39, 0.29) is 17.9 Å². The highest BCUT2D eigenvalue weighted by atomic mass is 79.9. The van der Waals surface area contributed by atoms with Gasteiger partial charge in [-0.25, -0.2) is 14.8 Å². The monoisotopic (exact) mass is 674 g/mol. The lowest BCUT2D eigenvalue weighted by molar-refractivity contribution is -0.147. The molecule has 3 aromatic rings. The maximum atomic E-state index is 13.5. The Labute approximate surface area is 266 Å². The van der Waals surface area contributed by atoms with Crippen LogP contribution >= 0.6 is 15.9 Å². The standard InChI is InChI=1S/C31H43BrN6O6/c1-30(2,3)44-29(40)38-18-20(9-11-21(38)17-35-31(4,5)28(39)43-8)27-36-25(32)24-26(33-13-14-37(24)27)34-16-19-10-12-22(41-6)15-23(19)42-7/h10,12-15,20-21,35H,9,11,16-18H2,1-8H3,(H,33,34). The number of fused-ring (bicyclic) bond motifs is 1. The molecule has 0 bridgehead atoms. The molecule has 1 amide bonds. The number of nitrogens with zero attached hydrogens (tertiary/aromatic N) is 4. The van der Waals surface area contributed by atoms with Gasteiger partial charge in [0.25, 0.3) is 0 Å². The van der Waals surface area contributed by atoms with Crippen LogP contribution in [0.4, 0.5) is 10.6 Å². The first-order valence-electron chi connectivity index (χ1n) is 14.6. The van der Waals surface area contributed by atoms with Crippen LogP contribution in [0.2, 0.25) is 0 Å². The number of methoxy groups -OCH3 is 3. The molecule has 2 aromatic heterocycles. The third kappa shape index (κ3) is 7.55. The summed E-state index contributed by atoms with van der Waals surface area (Å²) in [5, 5.41) is 6.70. The summed E-state index contributed by atoms with van der Waals surface area (Å²) >= 11 is 3.66. The van der Waals surface area contributed by atoms with Crippen molar-refractivity contribution in [3.8, 4) is 11.5 Å². The number of amides is 1. The number of nitrogens with one attached hydrogen (secondary N) is 2. The first-order valence-corrected chi connectivity index (χ1v) is 15.4. The molecule has 2 atom stereocenters. The second kappa shape index (κ2) is 13.6. The van der Waals surface area contributed by atoms with Crippen molar-refractivity contribution in [3.63, 3.8) is 0 Å². The van der Waals surface area contributed by atoms with E-state index in [1.54, 1.807) is 39.2 Å². The minimum Gasteiger partial charge on any atom is -0.497 e. The van der Waals surface area contributed by atoms with Crippen LogP contribution in [0.15, 0.2) is 35.2 Å². The van der Waals surface area contributed by atoms with Gasteiger partial charge in [-0.2, -0.15) is 0 Å². The highest BCUT2D eigenvalue weighted by Crippen LogP contribution is 2.35. The Morgan fingerprint density at radius 1 is 1.09 bits per heavy atom. The van der Waals surface area contributed by atoms with Gasteiger partial charge in [-0.3, -0.25) is 9.20 Å². The van der Waals surface area contributed by atoms with Crippen molar-refractivity contribution in [1.29, 1.82) is 0 Å². The predicted molar refractivity (Wildman–Crippen MR) is 170 cm³/mol. The molecule has 12 nitrogen and oxygen atoms in total.